The highest BCUT2D eigenvalue weighted by atomic mass is 19.1. The van der Waals surface area contributed by atoms with Gasteiger partial charge in [-0.1, -0.05) is 12.1 Å². The van der Waals surface area contributed by atoms with Crippen LogP contribution < -0.4 is 0 Å². The molecule has 0 radical (unpaired) electrons. The van der Waals surface area contributed by atoms with Gasteiger partial charge < -0.3 is 9.15 Å². The number of nitrogens with zero attached hydrogens (tertiary/aromatic N) is 2. The van der Waals surface area contributed by atoms with Crippen LogP contribution >= 0.6 is 0 Å². The average Bonchev–Trinajstić information content (AvgIpc) is 2.86. The zero-order chi connectivity index (χ0) is 15.4. The monoisotopic (exact) mass is 304 g/mol. The molecule has 2 aromatic rings. The number of ether oxygens (including phenoxy) is 1. The van der Waals surface area contributed by atoms with E-state index in [9.17, 15) is 4.39 Å². The van der Waals surface area contributed by atoms with E-state index >= 15 is 0 Å². The van der Waals surface area contributed by atoms with Crippen LogP contribution in [0.5, 0.6) is 0 Å². The highest BCUT2D eigenvalue weighted by Crippen LogP contribution is 2.23. The molecule has 1 aromatic carbocycles. The molecule has 5 heteroatoms. The first-order valence-electron chi connectivity index (χ1n) is 7.70. The number of hydrogen-bond acceptors (Lipinski definition) is 4. The molecule has 1 aromatic heterocycles. The summed E-state index contributed by atoms with van der Waals surface area (Å²) >= 11 is 0. The molecule has 2 heterocycles. The Morgan fingerprint density at radius 3 is 3.00 bits per heavy atom. The fourth-order valence-corrected chi connectivity index (χ4v) is 2.89. The van der Waals surface area contributed by atoms with Gasteiger partial charge in [-0.25, -0.2) is 9.37 Å². The lowest BCUT2D eigenvalue weighted by atomic mass is 10.2. The topological polar surface area (TPSA) is 38.5 Å². The van der Waals surface area contributed by atoms with Gasteiger partial charge in [0.1, 0.15) is 12.1 Å². The number of hydrogen-bond donors (Lipinski definition) is 0. The molecule has 1 fully saturated rings. The van der Waals surface area contributed by atoms with Crippen LogP contribution in [0.25, 0.3) is 11.5 Å². The first-order valence-corrected chi connectivity index (χ1v) is 7.70. The average molecular weight is 304 g/mol. The molecule has 22 heavy (non-hydrogen) atoms. The molecule has 3 rings (SSSR count). The van der Waals surface area contributed by atoms with Gasteiger partial charge >= 0.3 is 0 Å². The molecule has 1 atom stereocenters. The van der Waals surface area contributed by atoms with Crippen LogP contribution in [0, 0.1) is 5.82 Å². The maximum atomic E-state index is 13.8. The first-order chi connectivity index (χ1) is 10.8. The summed E-state index contributed by atoms with van der Waals surface area (Å²) in [4.78, 5) is 6.77. The van der Waals surface area contributed by atoms with Gasteiger partial charge in [-0.2, -0.15) is 0 Å². The van der Waals surface area contributed by atoms with Gasteiger partial charge in [-0.15, -0.1) is 0 Å². The van der Waals surface area contributed by atoms with Gasteiger partial charge in [0, 0.05) is 20.2 Å². The second-order valence-electron chi connectivity index (χ2n) is 5.69. The fraction of sp³-hybridized carbons (Fsp3) is 0.471. The molecule has 0 amide bonds. The molecule has 118 valence electrons. The minimum Gasteiger partial charge on any atom is -0.444 e. The molecule has 1 aliphatic heterocycles. The lowest BCUT2D eigenvalue weighted by molar-refractivity contribution is 0.0894. The van der Waals surface area contributed by atoms with Crippen LogP contribution in [0.2, 0.25) is 0 Å². The number of likely N-dealkylation sites (tertiary alicyclic amines) is 1. The molecule has 0 bridgehead atoms. The van der Waals surface area contributed by atoms with Gasteiger partial charge in [-0.3, -0.25) is 4.90 Å². The summed E-state index contributed by atoms with van der Waals surface area (Å²) < 4.78 is 24.6. The number of rotatable bonds is 4. The van der Waals surface area contributed by atoms with Crippen LogP contribution in [0.4, 0.5) is 4.39 Å². The van der Waals surface area contributed by atoms with Gasteiger partial charge in [0.25, 0.3) is 0 Å². The normalized spacial score (nSPS) is 20.0. The van der Waals surface area contributed by atoms with Crippen LogP contribution in [0.1, 0.15) is 25.0 Å². The minimum atomic E-state index is -0.311. The lowest BCUT2D eigenvalue weighted by Gasteiger charge is -2.18. The summed E-state index contributed by atoms with van der Waals surface area (Å²) in [5, 5.41) is 0. The fourth-order valence-electron chi connectivity index (χ4n) is 2.89. The second-order valence-corrected chi connectivity index (χ2v) is 5.69. The third kappa shape index (κ3) is 3.54. The van der Waals surface area contributed by atoms with Crippen molar-refractivity contribution in [2.75, 3.05) is 20.2 Å². The number of aromatic nitrogens is 1. The number of oxazole rings is 1. The number of benzene rings is 1. The summed E-state index contributed by atoms with van der Waals surface area (Å²) in [6.07, 6.45) is 5.24. The zero-order valence-electron chi connectivity index (χ0n) is 12.8. The first kappa shape index (κ1) is 15.2. The van der Waals surface area contributed by atoms with Crippen molar-refractivity contribution in [3.05, 3.63) is 42.0 Å². The Kier molecular flexibility index (Phi) is 4.85. The van der Waals surface area contributed by atoms with E-state index in [0.29, 0.717) is 17.6 Å². The predicted molar refractivity (Wildman–Crippen MR) is 81.8 cm³/mol. The maximum absolute atomic E-state index is 13.8. The van der Waals surface area contributed by atoms with Crippen molar-refractivity contribution in [3.63, 3.8) is 0 Å². The molecule has 0 spiro atoms. The van der Waals surface area contributed by atoms with Gasteiger partial charge in [0.15, 0.2) is 0 Å². The van der Waals surface area contributed by atoms with Crippen molar-refractivity contribution < 1.29 is 13.5 Å². The Morgan fingerprint density at radius 1 is 1.32 bits per heavy atom. The summed E-state index contributed by atoms with van der Waals surface area (Å²) in [7, 11) is 1.78. The summed E-state index contributed by atoms with van der Waals surface area (Å²) in [6, 6.07) is 6.53. The zero-order valence-corrected chi connectivity index (χ0v) is 12.8. The highest BCUT2D eigenvalue weighted by Gasteiger charge is 2.18. The third-order valence-corrected chi connectivity index (χ3v) is 4.14. The summed E-state index contributed by atoms with van der Waals surface area (Å²) in [6.45, 7) is 2.75. The van der Waals surface area contributed by atoms with E-state index in [4.69, 9.17) is 9.15 Å². The van der Waals surface area contributed by atoms with Gasteiger partial charge in [0.05, 0.1) is 17.4 Å². The Labute approximate surface area is 129 Å². The third-order valence-electron chi connectivity index (χ3n) is 4.14. The molecule has 1 unspecified atom stereocenters. The van der Waals surface area contributed by atoms with E-state index in [1.54, 1.807) is 31.6 Å². The van der Waals surface area contributed by atoms with E-state index in [1.165, 1.54) is 6.07 Å². The summed E-state index contributed by atoms with van der Waals surface area (Å²) in [5.74, 6) is 0.0336. The largest absolute Gasteiger partial charge is 0.444 e. The molecule has 0 N–H and O–H groups in total. The van der Waals surface area contributed by atoms with E-state index in [2.05, 4.69) is 9.88 Å². The quantitative estimate of drug-likeness (QED) is 0.867. The molecule has 0 saturated carbocycles. The van der Waals surface area contributed by atoms with Crippen LogP contribution in [0.3, 0.4) is 0 Å². The predicted octanol–water partition coefficient (Wildman–Crippen LogP) is 3.48. The number of halogens is 1. The van der Waals surface area contributed by atoms with E-state index in [-0.39, 0.29) is 5.82 Å². The smallest absolute Gasteiger partial charge is 0.229 e. The molecule has 0 aliphatic carbocycles. The SMILES string of the molecule is COC1CCCN(Cc2coc(-c3ccccc3F)n2)CC1. The van der Waals surface area contributed by atoms with Crippen LogP contribution in [-0.2, 0) is 11.3 Å². The lowest BCUT2D eigenvalue weighted by Crippen LogP contribution is -2.25. The molecule has 4 nitrogen and oxygen atoms in total. The van der Waals surface area contributed by atoms with Gasteiger partial charge in [0.2, 0.25) is 5.89 Å². The minimum absolute atomic E-state index is 0.311. The van der Waals surface area contributed by atoms with Crippen molar-refractivity contribution >= 4 is 0 Å². The standard InChI is InChI=1S/C17H21FN2O2/c1-21-14-5-4-9-20(10-8-14)11-13-12-22-17(19-13)15-6-2-3-7-16(15)18/h2-3,6-7,12,14H,4-5,8-11H2,1H3. The molecule has 1 aliphatic rings. The van der Waals surface area contributed by atoms with E-state index in [0.717, 1.165) is 44.6 Å². The number of methoxy groups -OCH3 is 1. The Bertz CT molecular complexity index is 614. The van der Waals surface area contributed by atoms with E-state index < -0.39 is 0 Å². The van der Waals surface area contributed by atoms with Crippen LogP contribution in [0.15, 0.2) is 34.9 Å². The van der Waals surface area contributed by atoms with E-state index in [1.807, 2.05) is 0 Å². The van der Waals surface area contributed by atoms with Crippen molar-refractivity contribution in [1.29, 1.82) is 0 Å². The Balaban J connectivity index is 1.66. The summed E-state index contributed by atoms with van der Waals surface area (Å²) in [5.41, 5.74) is 1.25. The van der Waals surface area contributed by atoms with Crippen molar-refractivity contribution in [2.24, 2.45) is 0 Å². The highest BCUT2D eigenvalue weighted by molar-refractivity contribution is 5.53. The van der Waals surface area contributed by atoms with Crippen molar-refractivity contribution in [3.8, 4) is 11.5 Å². The Hall–Kier alpha value is -1.72. The van der Waals surface area contributed by atoms with Crippen molar-refractivity contribution in [2.45, 2.75) is 31.9 Å². The Morgan fingerprint density at radius 2 is 2.18 bits per heavy atom. The molecular formula is C17H21FN2O2. The van der Waals surface area contributed by atoms with Crippen molar-refractivity contribution in [1.82, 2.24) is 9.88 Å². The molecular weight excluding hydrogens is 283 g/mol. The second kappa shape index (κ2) is 7.03. The van der Waals surface area contributed by atoms with Gasteiger partial charge in [-0.05, 0) is 37.9 Å². The van der Waals surface area contributed by atoms with Crippen LogP contribution in [-0.4, -0.2) is 36.2 Å². The maximum Gasteiger partial charge on any atom is 0.229 e. The molecule has 1 saturated heterocycles.